The first-order chi connectivity index (χ1) is 9.08. The molecule has 1 aromatic rings. The lowest BCUT2D eigenvalue weighted by Crippen LogP contribution is -2.41. The van der Waals surface area contributed by atoms with Gasteiger partial charge in [0.25, 0.3) is 0 Å². The van der Waals surface area contributed by atoms with Crippen LogP contribution in [0.5, 0.6) is 5.75 Å². The Bertz CT molecular complexity index is 420. The van der Waals surface area contributed by atoms with Gasteiger partial charge in [-0.1, -0.05) is 11.6 Å². The maximum absolute atomic E-state index is 11.7. The highest BCUT2D eigenvalue weighted by Gasteiger charge is 2.07. The quantitative estimate of drug-likeness (QED) is 0.816. The van der Waals surface area contributed by atoms with Crippen LogP contribution in [0.1, 0.15) is 19.4 Å². The molecular weight excluding hydrogens is 264 g/mol. The molecule has 5 heteroatoms. The summed E-state index contributed by atoms with van der Waals surface area (Å²) >= 11 is 5.87. The highest BCUT2D eigenvalue weighted by atomic mass is 35.5. The van der Waals surface area contributed by atoms with E-state index in [4.69, 9.17) is 16.3 Å². The smallest absolute Gasteiger partial charge is 0.317 e. The molecule has 0 fully saturated rings. The third-order valence-electron chi connectivity index (χ3n) is 2.82. The van der Waals surface area contributed by atoms with Crippen molar-refractivity contribution in [3.63, 3.8) is 0 Å². The largest absolute Gasteiger partial charge is 0.491 e. The average Bonchev–Trinajstić information content (AvgIpc) is 2.38. The molecule has 1 rings (SSSR count). The van der Waals surface area contributed by atoms with E-state index in [9.17, 15) is 4.79 Å². The summed E-state index contributed by atoms with van der Waals surface area (Å²) in [6.07, 6.45) is 0. The Morgan fingerprint density at radius 1 is 1.37 bits per heavy atom. The maximum atomic E-state index is 11.7. The van der Waals surface area contributed by atoms with Gasteiger partial charge in [0.2, 0.25) is 0 Å². The van der Waals surface area contributed by atoms with Gasteiger partial charge >= 0.3 is 6.03 Å². The number of hydrogen-bond acceptors (Lipinski definition) is 2. The number of nitrogens with one attached hydrogen (secondary N) is 1. The first-order valence-electron chi connectivity index (χ1n) is 6.50. The minimum atomic E-state index is -0.0542. The zero-order valence-corrected chi connectivity index (χ0v) is 12.5. The lowest BCUT2D eigenvalue weighted by molar-refractivity contribution is 0.200. The number of urea groups is 1. The molecule has 0 saturated carbocycles. The number of amides is 2. The first kappa shape index (κ1) is 15.6. The summed E-state index contributed by atoms with van der Waals surface area (Å²) in [7, 11) is 0. The van der Waals surface area contributed by atoms with Crippen molar-refractivity contribution < 1.29 is 9.53 Å². The summed E-state index contributed by atoms with van der Waals surface area (Å²) in [6, 6.07) is 5.43. The standard InChI is InChI=1S/C14H21ClN2O2/c1-4-17(5-2)14(18)16-8-9-19-13-7-6-12(15)10-11(13)3/h6-7,10H,4-5,8-9H2,1-3H3,(H,16,18). The van der Waals surface area contributed by atoms with Gasteiger partial charge in [-0.05, 0) is 44.5 Å². The summed E-state index contributed by atoms with van der Waals surface area (Å²) in [4.78, 5) is 13.4. The minimum absolute atomic E-state index is 0.0542. The second-order valence-electron chi connectivity index (χ2n) is 4.16. The molecule has 0 atom stereocenters. The van der Waals surface area contributed by atoms with Crippen LogP contribution in [-0.4, -0.2) is 37.2 Å². The van der Waals surface area contributed by atoms with Gasteiger partial charge in [0, 0.05) is 18.1 Å². The van der Waals surface area contributed by atoms with E-state index in [1.807, 2.05) is 32.9 Å². The lowest BCUT2D eigenvalue weighted by Gasteiger charge is -2.19. The van der Waals surface area contributed by atoms with Gasteiger partial charge in [0.1, 0.15) is 12.4 Å². The fraction of sp³-hybridized carbons (Fsp3) is 0.500. The molecule has 2 amide bonds. The van der Waals surface area contributed by atoms with Crippen LogP contribution in [0.3, 0.4) is 0 Å². The van der Waals surface area contributed by atoms with Crippen LogP contribution in [-0.2, 0) is 0 Å². The Morgan fingerprint density at radius 2 is 2.05 bits per heavy atom. The summed E-state index contributed by atoms with van der Waals surface area (Å²) in [5, 5.41) is 3.52. The van der Waals surface area contributed by atoms with Crippen molar-refractivity contribution in [1.82, 2.24) is 10.2 Å². The minimum Gasteiger partial charge on any atom is -0.491 e. The van der Waals surface area contributed by atoms with Crippen LogP contribution >= 0.6 is 11.6 Å². The molecule has 106 valence electrons. The highest BCUT2D eigenvalue weighted by Crippen LogP contribution is 2.21. The molecule has 0 saturated heterocycles. The van der Waals surface area contributed by atoms with Crippen molar-refractivity contribution in [2.75, 3.05) is 26.2 Å². The monoisotopic (exact) mass is 284 g/mol. The molecule has 0 unspecified atom stereocenters. The number of carbonyl (C=O) groups is 1. The molecule has 0 aliphatic rings. The number of aryl methyl sites for hydroxylation is 1. The number of ether oxygens (including phenoxy) is 1. The second kappa shape index (κ2) is 7.89. The van der Waals surface area contributed by atoms with E-state index in [1.165, 1.54) is 0 Å². The van der Waals surface area contributed by atoms with Crippen LogP contribution < -0.4 is 10.1 Å². The molecular formula is C14H21ClN2O2. The molecule has 0 spiro atoms. The molecule has 0 radical (unpaired) electrons. The van der Waals surface area contributed by atoms with Crippen molar-refractivity contribution in [2.45, 2.75) is 20.8 Å². The van der Waals surface area contributed by atoms with Crippen LogP contribution in [0, 0.1) is 6.92 Å². The number of carbonyl (C=O) groups excluding carboxylic acids is 1. The van der Waals surface area contributed by atoms with E-state index < -0.39 is 0 Å². The molecule has 1 N–H and O–H groups in total. The van der Waals surface area contributed by atoms with Crippen LogP contribution in [0.4, 0.5) is 4.79 Å². The number of benzene rings is 1. The summed E-state index contributed by atoms with van der Waals surface area (Å²) in [5.74, 6) is 0.793. The fourth-order valence-corrected chi connectivity index (χ4v) is 1.94. The van der Waals surface area contributed by atoms with E-state index >= 15 is 0 Å². The number of halogens is 1. The van der Waals surface area contributed by atoms with Crippen LogP contribution in [0.2, 0.25) is 5.02 Å². The van der Waals surface area contributed by atoms with E-state index in [0.29, 0.717) is 31.3 Å². The van der Waals surface area contributed by atoms with Gasteiger partial charge < -0.3 is 15.0 Å². The Balaban J connectivity index is 2.33. The van der Waals surface area contributed by atoms with Gasteiger partial charge in [-0.15, -0.1) is 0 Å². The van der Waals surface area contributed by atoms with E-state index in [2.05, 4.69) is 5.32 Å². The molecule has 0 aliphatic carbocycles. The van der Waals surface area contributed by atoms with Crippen LogP contribution in [0.25, 0.3) is 0 Å². The van der Waals surface area contributed by atoms with Gasteiger partial charge in [0.15, 0.2) is 0 Å². The van der Waals surface area contributed by atoms with E-state index in [-0.39, 0.29) is 6.03 Å². The van der Waals surface area contributed by atoms with Gasteiger partial charge in [-0.3, -0.25) is 0 Å². The maximum Gasteiger partial charge on any atom is 0.317 e. The highest BCUT2D eigenvalue weighted by molar-refractivity contribution is 6.30. The normalized spacial score (nSPS) is 10.1. The van der Waals surface area contributed by atoms with Gasteiger partial charge in [0.05, 0.1) is 6.54 Å². The third kappa shape index (κ3) is 4.99. The van der Waals surface area contributed by atoms with E-state index in [1.54, 1.807) is 11.0 Å². The number of hydrogen-bond donors (Lipinski definition) is 1. The van der Waals surface area contributed by atoms with Crippen molar-refractivity contribution in [3.8, 4) is 5.75 Å². The first-order valence-corrected chi connectivity index (χ1v) is 6.88. The molecule has 4 nitrogen and oxygen atoms in total. The summed E-state index contributed by atoms with van der Waals surface area (Å²) < 4.78 is 5.60. The predicted molar refractivity (Wildman–Crippen MR) is 78.0 cm³/mol. The Morgan fingerprint density at radius 3 is 2.63 bits per heavy atom. The predicted octanol–water partition coefficient (Wildman–Crippen LogP) is 3.08. The van der Waals surface area contributed by atoms with Crippen molar-refractivity contribution in [2.24, 2.45) is 0 Å². The van der Waals surface area contributed by atoms with Crippen molar-refractivity contribution in [1.29, 1.82) is 0 Å². The SMILES string of the molecule is CCN(CC)C(=O)NCCOc1ccc(Cl)cc1C. The summed E-state index contributed by atoms with van der Waals surface area (Å²) in [6.45, 7) is 8.19. The van der Waals surface area contributed by atoms with Gasteiger partial charge in [-0.25, -0.2) is 4.79 Å². The Labute approximate surface area is 119 Å². The molecule has 0 bridgehead atoms. The topological polar surface area (TPSA) is 41.6 Å². The fourth-order valence-electron chi connectivity index (χ4n) is 1.72. The van der Waals surface area contributed by atoms with E-state index in [0.717, 1.165) is 11.3 Å². The second-order valence-corrected chi connectivity index (χ2v) is 4.60. The molecule has 0 aliphatic heterocycles. The summed E-state index contributed by atoms with van der Waals surface area (Å²) in [5.41, 5.74) is 0.988. The molecule has 1 aromatic carbocycles. The van der Waals surface area contributed by atoms with Gasteiger partial charge in [-0.2, -0.15) is 0 Å². The number of rotatable bonds is 6. The van der Waals surface area contributed by atoms with Crippen molar-refractivity contribution >= 4 is 17.6 Å². The zero-order valence-electron chi connectivity index (χ0n) is 11.7. The average molecular weight is 285 g/mol. The molecule has 0 heterocycles. The number of nitrogens with zero attached hydrogens (tertiary/aromatic N) is 1. The van der Waals surface area contributed by atoms with Crippen molar-refractivity contribution in [3.05, 3.63) is 28.8 Å². The zero-order chi connectivity index (χ0) is 14.3. The molecule has 0 aromatic heterocycles. The Kier molecular flexibility index (Phi) is 6.50. The lowest BCUT2D eigenvalue weighted by atomic mass is 10.2. The third-order valence-corrected chi connectivity index (χ3v) is 3.06. The van der Waals surface area contributed by atoms with Crippen LogP contribution in [0.15, 0.2) is 18.2 Å². The Hall–Kier alpha value is -1.42. The molecule has 19 heavy (non-hydrogen) atoms.